The predicted octanol–water partition coefficient (Wildman–Crippen LogP) is 3.91. The number of methoxy groups -OCH3 is 1. The topological polar surface area (TPSA) is 75.3 Å². The second-order valence-corrected chi connectivity index (χ2v) is 7.08. The van der Waals surface area contributed by atoms with Crippen molar-refractivity contribution in [2.24, 2.45) is 0 Å². The number of amides is 1. The van der Waals surface area contributed by atoms with Gasteiger partial charge in [-0.2, -0.15) is 0 Å². The lowest BCUT2D eigenvalue weighted by molar-refractivity contribution is 0.0724. The molecule has 0 radical (unpaired) electrons. The smallest absolute Gasteiger partial charge is 0.257 e. The molecule has 0 aliphatic rings. The van der Waals surface area contributed by atoms with E-state index in [1.807, 2.05) is 12.1 Å². The summed E-state index contributed by atoms with van der Waals surface area (Å²) in [6.07, 6.45) is 3.27. The Morgan fingerprint density at radius 3 is 2.68 bits per heavy atom. The molecule has 0 aliphatic carbocycles. The fourth-order valence-electron chi connectivity index (χ4n) is 3.39. The van der Waals surface area contributed by atoms with Gasteiger partial charge in [0.25, 0.3) is 11.5 Å². The van der Waals surface area contributed by atoms with Gasteiger partial charge in [0.1, 0.15) is 11.6 Å². The summed E-state index contributed by atoms with van der Waals surface area (Å²) >= 11 is 0. The number of hydrogen-bond acceptors (Lipinski definition) is 4. The van der Waals surface area contributed by atoms with Crippen LogP contribution in [0.3, 0.4) is 0 Å². The van der Waals surface area contributed by atoms with Gasteiger partial charge in [-0.1, -0.05) is 18.2 Å². The van der Waals surface area contributed by atoms with Crippen LogP contribution in [-0.2, 0) is 13.1 Å². The highest BCUT2D eigenvalue weighted by Gasteiger charge is 2.21. The molecule has 156 valence electrons. The van der Waals surface area contributed by atoms with Crippen LogP contribution in [0, 0.1) is 5.82 Å². The lowest BCUT2D eigenvalue weighted by atomic mass is 10.1. The zero-order valence-electron chi connectivity index (χ0n) is 16.8. The summed E-state index contributed by atoms with van der Waals surface area (Å²) in [5, 5.41) is 0.801. The standard InChI is InChI=1S/C24H20FN3O3/c1-31-19-9-8-17-11-18(23(29)27-22(17)12-19)15-28(14-16-5-4-10-26-13-16)24(30)20-6-2-3-7-21(20)25/h2-13H,14-15H2,1H3,(H,27,29). The third-order valence-electron chi connectivity index (χ3n) is 4.98. The Kier molecular flexibility index (Phi) is 5.75. The van der Waals surface area contributed by atoms with E-state index in [0.29, 0.717) is 16.8 Å². The minimum atomic E-state index is -0.608. The van der Waals surface area contributed by atoms with Gasteiger partial charge in [0.2, 0.25) is 0 Å². The van der Waals surface area contributed by atoms with E-state index in [1.165, 1.54) is 23.1 Å². The van der Waals surface area contributed by atoms with Crippen molar-refractivity contribution in [3.8, 4) is 5.75 Å². The third-order valence-corrected chi connectivity index (χ3v) is 4.98. The van der Waals surface area contributed by atoms with E-state index < -0.39 is 11.7 Å². The van der Waals surface area contributed by atoms with Crippen molar-refractivity contribution in [2.45, 2.75) is 13.1 Å². The Bertz CT molecular complexity index is 1290. The third kappa shape index (κ3) is 4.45. The Hall–Kier alpha value is -4.00. The molecule has 0 saturated heterocycles. The second kappa shape index (κ2) is 8.79. The van der Waals surface area contributed by atoms with Crippen LogP contribution in [-0.4, -0.2) is 27.9 Å². The number of hydrogen-bond donors (Lipinski definition) is 1. The molecule has 0 fully saturated rings. The first-order valence-corrected chi connectivity index (χ1v) is 9.68. The van der Waals surface area contributed by atoms with E-state index in [9.17, 15) is 14.0 Å². The zero-order chi connectivity index (χ0) is 21.8. The van der Waals surface area contributed by atoms with Crippen LogP contribution in [0.4, 0.5) is 4.39 Å². The fraction of sp³-hybridized carbons (Fsp3) is 0.125. The minimum Gasteiger partial charge on any atom is -0.497 e. The molecular formula is C24H20FN3O3. The minimum absolute atomic E-state index is 0.0133. The number of benzene rings is 2. The number of carbonyl (C=O) groups excluding carboxylic acids is 1. The SMILES string of the molecule is COc1ccc2cc(CN(Cc3cccnc3)C(=O)c3ccccc3F)c(=O)[nH]c2c1. The molecule has 1 amide bonds. The van der Waals surface area contributed by atoms with E-state index in [4.69, 9.17) is 4.74 Å². The molecule has 1 N–H and O–H groups in total. The Balaban J connectivity index is 1.72. The number of aromatic nitrogens is 2. The number of pyridine rings is 2. The average Bonchev–Trinajstić information content (AvgIpc) is 2.79. The van der Waals surface area contributed by atoms with Gasteiger partial charge in [-0.3, -0.25) is 14.6 Å². The largest absolute Gasteiger partial charge is 0.497 e. The summed E-state index contributed by atoms with van der Waals surface area (Å²) in [6.45, 7) is 0.195. The van der Waals surface area contributed by atoms with Gasteiger partial charge in [-0.05, 0) is 47.3 Å². The molecule has 0 spiro atoms. The van der Waals surface area contributed by atoms with Crippen LogP contribution in [0.25, 0.3) is 10.9 Å². The van der Waals surface area contributed by atoms with Gasteiger partial charge in [-0.25, -0.2) is 4.39 Å². The Labute approximate surface area is 177 Å². The van der Waals surface area contributed by atoms with Crippen molar-refractivity contribution in [2.75, 3.05) is 7.11 Å². The zero-order valence-corrected chi connectivity index (χ0v) is 16.8. The monoisotopic (exact) mass is 417 g/mol. The van der Waals surface area contributed by atoms with Crippen LogP contribution >= 0.6 is 0 Å². The number of nitrogens with zero attached hydrogens (tertiary/aromatic N) is 2. The highest BCUT2D eigenvalue weighted by molar-refractivity contribution is 5.94. The summed E-state index contributed by atoms with van der Waals surface area (Å²) in [7, 11) is 1.55. The number of carbonyl (C=O) groups is 1. The normalized spacial score (nSPS) is 10.8. The van der Waals surface area contributed by atoms with Gasteiger partial charge in [0.15, 0.2) is 0 Å². The first-order valence-electron chi connectivity index (χ1n) is 9.68. The van der Waals surface area contributed by atoms with Crippen LogP contribution in [0.1, 0.15) is 21.5 Å². The molecule has 0 bridgehead atoms. The van der Waals surface area contributed by atoms with E-state index in [1.54, 1.807) is 49.8 Å². The van der Waals surface area contributed by atoms with Crippen LogP contribution in [0.15, 0.2) is 77.9 Å². The van der Waals surface area contributed by atoms with Gasteiger partial charge in [0.05, 0.1) is 24.7 Å². The summed E-state index contributed by atoms with van der Waals surface area (Å²) in [5.41, 5.74) is 1.43. The predicted molar refractivity (Wildman–Crippen MR) is 115 cm³/mol. The summed E-state index contributed by atoms with van der Waals surface area (Å²) in [5.74, 6) is -0.483. The van der Waals surface area contributed by atoms with Crippen LogP contribution in [0.5, 0.6) is 5.75 Å². The fourth-order valence-corrected chi connectivity index (χ4v) is 3.39. The van der Waals surface area contributed by atoms with E-state index >= 15 is 0 Å². The van der Waals surface area contributed by atoms with Gasteiger partial charge in [0, 0.05) is 30.6 Å². The molecule has 2 heterocycles. The maximum Gasteiger partial charge on any atom is 0.257 e. The molecule has 31 heavy (non-hydrogen) atoms. The quantitative estimate of drug-likeness (QED) is 0.516. The molecule has 0 aliphatic heterocycles. The van der Waals surface area contributed by atoms with Gasteiger partial charge in [-0.15, -0.1) is 0 Å². The molecule has 0 atom stereocenters. The second-order valence-electron chi connectivity index (χ2n) is 7.08. The molecule has 2 aromatic carbocycles. The summed E-state index contributed by atoms with van der Waals surface area (Å²) < 4.78 is 19.5. The van der Waals surface area contributed by atoms with Gasteiger partial charge < -0.3 is 14.6 Å². The van der Waals surface area contributed by atoms with Crippen LogP contribution < -0.4 is 10.3 Å². The number of aromatic amines is 1. The van der Waals surface area contributed by atoms with Crippen LogP contribution in [0.2, 0.25) is 0 Å². The molecule has 0 saturated carbocycles. The molecule has 0 unspecified atom stereocenters. The first kappa shape index (κ1) is 20.3. The lowest BCUT2D eigenvalue weighted by Gasteiger charge is -2.23. The average molecular weight is 417 g/mol. The first-order chi connectivity index (χ1) is 15.0. The molecule has 2 aromatic heterocycles. The summed E-state index contributed by atoms with van der Waals surface area (Å²) in [6, 6.07) is 16.5. The number of H-pyrrole nitrogens is 1. The van der Waals surface area contributed by atoms with Crippen molar-refractivity contribution in [3.63, 3.8) is 0 Å². The van der Waals surface area contributed by atoms with Crippen molar-refractivity contribution < 1.29 is 13.9 Å². The number of halogens is 1. The molecule has 4 rings (SSSR count). The van der Waals surface area contributed by atoms with Crippen molar-refractivity contribution >= 4 is 16.8 Å². The lowest BCUT2D eigenvalue weighted by Crippen LogP contribution is -2.33. The van der Waals surface area contributed by atoms with Crippen molar-refractivity contribution in [3.05, 3.63) is 106 Å². The molecule has 6 nitrogen and oxygen atoms in total. The number of fused-ring (bicyclic) bond motifs is 1. The maximum absolute atomic E-state index is 14.3. The number of ether oxygens (including phenoxy) is 1. The molecule has 4 aromatic rings. The highest BCUT2D eigenvalue weighted by atomic mass is 19.1. The van der Waals surface area contributed by atoms with Gasteiger partial charge >= 0.3 is 0 Å². The Morgan fingerprint density at radius 2 is 1.94 bits per heavy atom. The van der Waals surface area contributed by atoms with Crippen molar-refractivity contribution in [1.82, 2.24) is 14.9 Å². The number of nitrogens with one attached hydrogen (secondary N) is 1. The van der Waals surface area contributed by atoms with E-state index in [-0.39, 0.29) is 24.2 Å². The summed E-state index contributed by atoms with van der Waals surface area (Å²) in [4.78, 5) is 34.2. The van der Waals surface area contributed by atoms with E-state index in [0.717, 1.165) is 10.9 Å². The van der Waals surface area contributed by atoms with Crippen molar-refractivity contribution in [1.29, 1.82) is 0 Å². The van der Waals surface area contributed by atoms with E-state index in [2.05, 4.69) is 9.97 Å². The maximum atomic E-state index is 14.3. The highest BCUT2D eigenvalue weighted by Crippen LogP contribution is 2.20. The number of rotatable bonds is 6. The molecular weight excluding hydrogens is 397 g/mol. The molecule has 7 heteroatoms. The Morgan fingerprint density at radius 1 is 1.10 bits per heavy atom.